The van der Waals surface area contributed by atoms with Crippen LogP contribution < -0.4 is 0 Å². The van der Waals surface area contributed by atoms with Gasteiger partial charge < -0.3 is 14.2 Å². The third-order valence-electron chi connectivity index (χ3n) is 8.97. The topological polar surface area (TPSA) is 48.0 Å². The molecule has 0 aromatic heterocycles. The van der Waals surface area contributed by atoms with Gasteiger partial charge in [0.1, 0.15) is 12.7 Å². The first-order chi connectivity index (χ1) is 18.2. The minimum Gasteiger partial charge on any atom is -0.463 e. The fourth-order valence-corrected chi connectivity index (χ4v) is 7.02. The average molecular weight is 556 g/mol. The first kappa shape index (κ1) is 33.9. The molecule has 0 amide bonds. The largest absolute Gasteiger partial charge is 0.463 e. The fraction of sp³-hybridized carbons (Fsp3) is 0.969. The van der Waals surface area contributed by atoms with E-state index in [4.69, 9.17) is 27.0 Å². The van der Waals surface area contributed by atoms with E-state index in [1.54, 1.807) is 0 Å². The van der Waals surface area contributed by atoms with Crippen molar-refractivity contribution in [3.05, 3.63) is 0 Å². The molecule has 2 saturated heterocycles. The third-order valence-corrected chi connectivity index (χ3v) is 9.93. The summed E-state index contributed by atoms with van der Waals surface area (Å²) in [6.07, 6.45) is 23.7. The number of unbranched alkanes of at least 4 members (excludes halogenated alkanes) is 14. The Morgan fingerprint density at radius 2 is 1.32 bits per heavy atom. The van der Waals surface area contributed by atoms with Crippen LogP contribution in [0.2, 0.25) is 0 Å². The molecule has 1 spiro atoms. The monoisotopic (exact) mass is 555 g/mol. The van der Waals surface area contributed by atoms with E-state index >= 15 is 0 Å². The summed E-state index contributed by atoms with van der Waals surface area (Å²) in [5, 5.41) is 0. The quantitative estimate of drug-likeness (QED) is 0.0922. The molecule has 0 aromatic carbocycles. The van der Waals surface area contributed by atoms with Crippen molar-refractivity contribution in [3.8, 4) is 0 Å². The van der Waals surface area contributed by atoms with Crippen LogP contribution in [0.3, 0.4) is 0 Å². The molecule has 0 N–H and O–H groups in total. The number of rotatable bonds is 20. The predicted molar refractivity (Wildman–Crippen MR) is 162 cm³/mol. The summed E-state index contributed by atoms with van der Waals surface area (Å²) in [7, 11) is 0. The molecule has 2 unspecified atom stereocenters. The summed E-state index contributed by atoms with van der Waals surface area (Å²) in [6.45, 7) is 11.9. The van der Waals surface area contributed by atoms with Gasteiger partial charge >= 0.3 is 5.97 Å². The van der Waals surface area contributed by atoms with Crippen LogP contribution >= 0.6 is 12.8 Å². The summed E-state index contributed by atoms with van der Waals surface area (Å²) in [6, 6.07) is 0. The van der Waals surface area contributed by atoms with Crippen molar-refractivity contribution in [2.75, 3.05) is 13.2 Å². The highest BCUT2D eigenvalue weighted by molar-refractivity contribution is 7.77. The molecule has 2 heterocycles. The van der Waals surface area contributed by atoms with Crippen molar-refractivity contribution >= 4 is 18.8 Å². The maximum absolute atomic E-state index is 12.3. The second kappa shape index (κ2) is 17.5. The molecule has 0 aliphatic carbocycles. The van der Waals surface area contributed by atoms with E-state index in [0.717, 1.165) is 38.5 Å². The number of carbonyl (C=O) groups excluding carboxylic acids is 1. The second-order valence-electron chi connectivity index (χ2n) is 12.8. The van der Waals surface area contributed by atoms with Crippen LogP contribution in [-0.4, -0.2) is 46.5 Å². The first-order valence-electron chi connectivity index (χ1n) is 16.2. The Morgan fingerprint density at radius 3 is 1.82 bits per heavy atom. The molecule has 0 bridgehead atoms. The van der Waals surface area contributed by atoms with Gasteiger partial charge in [-0.1, -0.05) is 123 Å². The Bertz CT molecular complexity index is 653. The Morgan fingerprint density at radius 1 is 0.816 bits per heavy atom. The zero-order chi connectivity index (χ0) is 27.9. The maximum atomic E-state index is 12.3. The standard InChI is InChI=1S/C32H61NO4S/c1-6-9-10-11-12-13-14-15-16-17-18-19-20-21-22-23-29(34)35-24-28-25-36-32(37-28)26-30(4,5)33(38)31(7-2,8-3)27-32/h28,38H,6-27H2,1-5H3. The van der Waals surface area contributed by atoms with Gasteiger partial charge in [0, 0.05) is 30.3 Å². The number of carbonyl (C=O) groups is 1. The highest BCUT2D eigenvalue weighted by Crippen LogP contribution is 2.51. The predicted octanol–water partition coefficient (Wildman–Crippen LogP) is 9.18. The maximum Gasteiger partial charge on any atom is 0.305 e. The molecule has 2 aliphatic rings. The summed E-state index contributed by atoms with van der Waals surface area (Å²) >= 11 is 4.89. The van der Waals surface area contributed by atoms with Gasteiger partial charge in [-0.2, -0.15) is 0 Å². The lowest BCUT2D eigenvalue weighted by molar-refractivity contribution is -0.237. The van der Waals surface area contributed by atoms with Crippen LogP contribution in [-0.2, 0) is 19.0 Å². The van der Waals surface area contributed by atoms with Crippen LogP contribution in [0.1, 0.15) is 163 Å². The van der Waals surface area contributed by atoms with Crippen molar-refractivity contribution in [2.24, 2.45) is 0 Å². The van der Waals surface area contributed by atoms with E-state index in [0.29, 0.717) is 13.0 Å². The van der Waals surface area contributed by atoms with Gasteiger partial charge in [-0.15, -0.1) is 0 Å². The molecule has 38 heavy (non-hydrogen) atoms. The molecule has 6 heteroatoms. The molecule has 2 rings (SSSR count). The summed E-state index contributed by atoms with van der Waals surface area (Å²) in [5.41, 5.74) is -0.212. The molecule has 0 aromatic rings. The number of nitrogens with zero attached hydrogens (tertiary/aromatic N) is 1. The van der Waals surface area contributed by atoms with Crippen LogP contribution in [0.4, 0.5) is 0 Å². The summed E-state index contributed by atoms with van der Waals surface area (Å²) in [5.74, 6) is -0.716. The lowest BCUT2D eigenvalue weighted by Gasteiger charge is -2.57. The highest BCUT2D eigenvalue weighted by Gasteiger charge is 2.58. The van der Waals surface area contributed by atoms with Crippen molar-refractivity contribution in [1.29, 1.82) is 0 Å². The summed E-state index contributed by atoms with van der Waals surface area (Å²) in [4.78, 5) is 12.3. The molecule has 0 radical (unpaired) electrons. The number of hydrogen-bond donors (Lipinski definition) is 1. The van der Waals surface area contributed by atoms with E-state index in [-0.39, 0.29) is 29.8 Å². The van der Waals surface area contributed by atoms with Gasteiger partial charge in [0.2, 0.25) is 0 Å². The van der Waals surface area contributed by atoms with E-state index in [1.165, 1.54) is 83.5 Å². The van der Waals surface area contributed by atoms with Crippen LogP contribution in [0.5, 0.6) is 0 Å². The van der Waals surface area contributed by atoms with Gasteiger partial charge in [0.05, 0.1) is 6.61 Å². The van der Waals surface area contributed by atoms with Crippen LogP contribution in [0.25, 0.3) is 0 Å². The smallest absolute Gasteiger partial charge is 0.305 e. The number of thiol groups is 1. The number of hydrogen-bond acceptors (Lipinski definition) is 6. The van der Waals surface area contributed by atoms with E-state index < -0.39 is 5.79 Å². The molecule has 5 nitrogen and oxygen atoms in total. The normalized spacial score (nSPS) is 24.7. The number of piperidine rings is 1. The SMILES string of the molecule is CCCCCCCCCCCCCCCCCC(=O)OCC1COC2(CC(C)(C)N(S)C(CC)(CC)C2)O1. The Hall–Kier alpha value is -0.300. The molecule has 2 atom stereocenters. The number of esters is 1. The van der Waals surface area contributed by atoms with Crippen molar-refractivity contribution in [2.45, 2.75) is 186 Å². The summed E-state index contributed by atoms with van der Waals surface area (Å²) < 4.78 is 20.6. The average Bonchev–Trinajstić information content (AvgIpc) is 3.28. The van der Waals surface area contributed by atoms with Gasteiger partial charge in [0.25, 0.3) is 0 Å². The minimum atomic E-state index is -0.611. The number of ether oxygens (including phenoxy) is 3. The van der Waals surface area contributed by atoms with Crippen LogP contribution in [0, 0.1) is 0 Å². The zero-order valence-electron chi connectivity index (χ0n) is 25.7. The lowest BCUT2D eigenvalue weighted by Crippen LogP contribution is -2.64. The molecular weight excluding hydrogens is 494 g/mol. The fourth-order valence-electron chi connectivity index (χ4n) is 6.60. The van der Waals surface area contributed by atoms with Gasteiger partial charge in [-0.3, -0.25) is 4.79 Å². The van der Waals surface area contributed by atoms with Gasteiger partial charge in [0.15, 0.2) is 5.79 Å². The molecular formula is C32H61NO4S. The highest BCUT2D eigenvalue weighted by atomic mass is 32.1. The molecule has 224 valence electrons. The molecule has 0 saturated carbocycles. The van der Waals surface area contributed by atoms with E-state index in [1.807, 2.05) is 0 Å². The Labute approximate surface area is 241 Å². The Kier molecular flexibility index (Phi) is 15.6. The lowest BCUT2D eigenvalue weighted by atomic mass is 9.74. The first-order valence-corrected chi connectivity index (χ1v) is 16.6. The van der Waals surface area contributed by atoms with E-state index in [9.17, 15) is 4.79 Å². The van der Waals surface area contributed by atoms with Gasteiger partial charge in [-0.05, 0) is 33.1 Å². The zero-order valence-corrected chi connectivity index (χ0v) is 26.6. The van der Waals surface area contributed by atoms with Crippen molar-refractivity contribution in [1.82, 2.24) is 4.31 Å². The van der Waals surface area contributed by atoms with Gasteiger partial charge in [-0.25, -0.2) is 4.31 Å². The second-order valence-corrected chi connectivity index (χ2v) is 13.2. The third kappa shape index (κ3) is 10.9. The molecule has 2 aliphatic heterocycles. The van der Waals surface area contributed by atoms with E-state index in [2.05, 4.69) is 38.9 Å². The van der Waals surface area contributed by atoms with Crippen molar-refractivity contribution in [3.63, 3.8) is 0 Å². The van der Waals surface area contributed by atoms with Crippen molar-refractivity contribution < 1.29 is 19.0 Å². The molecule has 2 fully saturated rings. The Balaban J connectivity index is 1.50. The minimum absolute atomic E-state index is 0.0655. The van der Waals surface area contributed by atoms with Crippen LogP contribution in [0.15, 0.2) is 0 Å².